The maximum Gasteiger partial charge on any atom is 0.254 e. The van der Waals surface area contributed by atoms with E-state index in [0.717, 1.165) is 0 Å². The molecule has 0 bridgehead atoms. The van der Waals surface area contributed by atoms with Crippen LogP contribution in [-0.2, 0) is 9.84 Å². The second kappa shape index (κ2) is 6.56. The molecule has 1 aliphatic rings. The Morgan fingerprint density at radius 3 is 2.45 bits per heavy atom. The van der Waals surface area contributed by atoms with E-state index < -0.39 is 9.84 Å². The van der Waals surface area contributed by atoms with Gasteiger partial charge in [0.2, 0.25) is 0 Å². The minimum absolute atomic E-state index is 0.0415. The Morgan fingerprint density at radius 2 is 1.95 bits per heavy atom. The van der Waals surface area contributed by atoms with E-state index in [1.807, 2.05) is 6.92 Å². The third-order valence-corrected chi connectivity index (χ3v) is 5.63. The molecule has 22 heavy (non-hydrogen) atoms. The van der Waals surface area contributed by atoms with Gasteiger partial charge in [-0.1, -0.05) is 0 Å². The molecule has 0 aromatic heterocycles. The molecule has 1 amide bonds. The fraction of sp³-hybridized carbons (Fsp3) is 0.533. The number of sulfone groups is 1. The maximum absolute atomic E-state index is 12.7. The van der Waals surface area contributed by atoms with Crippen LogP contribution in [0.1, 0.15) is 23.7 Å². The Bertz CT molecular complexity index is 656. The molecular weight excluding hydrogens is 306 g/mol. The molecule has 1 aromatic rings. The molecule has 1 saturated heterocycles. The zero-order valence-corrected chi connectivity index (χ0v) is 13.9. The van der Waals surface area contributed by atoms with E-state index in [0.29, 0.717) is 30.0 Å². The average molecular weight is 327 g/mol. The summed E-state index contributed by atoms with van der Waals surface area (Å²) >= 11 is 0. The van der Waals surface area contributed by atoms with E-state index >= 15 is 0 Å². The Balaban J connectivity index is 2.25. The number of amides is 1. The summed E-state index contributed by atoms with van der Waals surface area (Å²) in [6.45, 7) is 2.32. The van der Waals surface area contributed by atoms with Crippen LogP contribution in [0.4, 0.5) is 0 Å². The zero-order valence-electron chi connectivity index (χ0n) is 13.0. The van der Waals surface area contributed by atoms with Crippen LogP contribution in [0.5, 0.6) is 11.5 Å². The van der Waals surface area contributed by atoms with Crippen molar-refractivity contribution >= 4 is 15.7 Å². The first-order chi connectivity index (χ1) is 10.4. The van der Waals surface area contributed by atoms with E-state index in [4.69, 9.17) is 9.47 Å². The first-order valence-electron chi connectivity index (χ1n) is 7.15. The molecule has 122 valence electrons. The predicted octanol–water partition coefficient (Wildman–Crippen LogP) is 1.35. The lowest BCUT2D eigenvalue weighted by Gasteiger charge is -2.27. The number of benzene rings is 1. The number of rotatable bonds is 5. The summed E-state index contributed by atoms with van der Waals surface area (Å²) in [5.41, 5.74) is 0.462. The summed E-state index contributed by atoms with van der Waals surface area (Å²) in [6.07, 6.45) is 0.495. The molecule has 1 fully saturated rings. The topological polar surface area (TPSA) is 72.9 Å². The van der Waals surface area contributed by atoms with E-state index in [2.05, 4.69) is 0 Å². The van der Waals surface area contributed by atoms with Crippen molar-refractivity contribution in [3.05, 3.63) is 23.8 Å². The molecule has 7 heteroatoms. The highest BCUT2D eigenvalue weighted by atomic mass is 32.2. The van der Waals surface area contributed by atoms with Crippen LogP contribution in [-0.4, -0.2) is 57.5 Å². The van der Waals surface area contributed by atoms with Gasteiger partial charge in [0.25, 0.3) is 5.91 Å². The highest BCUT2D eigenvalue weighted by molar-refractivity contribution is 7.91. The highest BCUT2D eigenvalue weighted by Crippen LogP contribution is 2.29. The number of carbonyl (C=O) groups is 1. The molecule has 1 aliphatic heterocycles. The van der Waals surface area contributed by atoms with Crippen molar-refractivity contribution in [3.8, 4) is 11.5 Å². The van der Waals surface area contributed by atoms with Gasteiger partial charge in [-0.3, -0.25) is 4.79 Å². The SMILES string of the molecule is CCN(C(=O)c1ccc(OC)c(OC)c1)C1CCS(=O)(=O)C1. The fourth-order valence-electron chi connectivity index (χ4n) is 2.72. The van der Waals surface area contributed by atoms with Crippen molar-refractivity contribution in [1.29, 1.82) is 0 Å². The van der Waals surface area contributed by atoms with E-state index in [1.165, 1.54) is 14.2 Å². The van der Waals surface area contributed by atoms with Gasteiger partial charge in [-0.25, -0.2) is 8.42 Å². The van der Waals surface area contributed by atoms with Crippen LogP contribution in [0.15, 0.2) is 18.2 Å². The Morgan fingerprint density at radius 1 is 1.27 bits per heavy atom. The molecule has 0 saturated carbocycles. The number of carbonyl (C=O) groups excluding carboxylic acids is 1. The molecule has 1 unspecified atom stereocenters. The standard InChI is InChI=1S/C15H21NO5S/c1-4-16(12-7-8-22(18,19)10-12)15(17)11-5-6-13(20-2)14(9-11)21-3/h5-6,9,12H,4,7-8,10H2,1-3H3. The van der Waals surface area contributed by atoms with Crippen LogP contribution < -0.4 is 9.47 Å². The van der Waals surface area contributed by atoms with Gasteiger partial charge in [0.1, 0.15) is 0 Å². The summed E-state index contributed by atoms with van der Waals surface area (Å²) in [4.78, 5) is 14.3. The summed E-state index contributed by atoms with van der Waals surface area (Å²) in [6, 6.07) is 4.70. The second-order valence-electron chi connectivity index (χ2n) is 5.22. The van der Waals surface area contributed by atoms with Crippen LogP contribution in [0.3, 0.4) is 0 Å². The van der Waals surface area contributed by atoms with Crippen molar-refractivity contribution in [2.75, 3.05) is 32.3 Å². The lowest BCUT2D eigenvalue weighted by molar-refractivity contribution is 0.0708. The van der Waals surface area contributed by atoms with E-state index in [-0.39, 0.29) is 23.5 Å². The van der Waals surface area contributed by atoms with E-state index in [1.54, 1.807) is 23.1 Å². The predicted molar refractivity (Wildman–Crippen MR) is 83.3 cm³/mol. The van der Waals surface area contributed by atoms with Gasteiger partial charge in [0.05, 0.1) is 25.7 Å². The third-order valence-electron chi connectivity index (χ3n) is 3.88. The van der Waals surface area contributed by atoms with Gasteiger partial charge < -0.3 is 14.4 Å². The monoisotopic (exact) mass is 327 g/mol. The van der Waals surface area contributed by atoms with Gasteiger partial charge in [0, 0.05) is 18.2 Å². The first-order valence-corrected chi connectivity index (χ1v) is 8.97. The largest absolute Gasteiger partial charge is 0.493 e. The summed E-state index contributed by atoms with van der Waals surface area (Å²) in [5, 5.41) is 0. The van der Waals surface area contributed by atoms with Crippen LogP contribution in [0.25, 0.3) is 0 Å². The molecular formula is C15H21NO5S. The lowest BCUT2D eigenvalue weighted by atomic mass is 10.1. The van der Waals surface area contributed by atoms with Crippen molar-refractivity contribution < 1.29 is 22.7 Å². The van der Waals surface area contributed by atoms with Crippen molar-refractivity contribution in [3.63, 3.8) is 0 Å². The lowest BCUT2D eigenvalue weighted by Crippen LogP contribution is -2.40. The molecule has 1 heterocycles. The summed E-state index contributed by atoms with van der Waals surface area (Å²) < 4.78 is 33.6. The molecule has 1 aromatic carbocycles. The fourth-order valence-corrected chi connectivity index (χ4v) is 4.45. The minimum atomic E-state index is -3.03. The summed E-state index contributed by atoms with van der Waals surface area (Å²) in [5.74, 6) is 1.02. The molecule has 0 aliphatic carbocycles. The maximum atomic E-state index is 12.7. The number of methoxy groups -OCH3 is 2. The normalized spacial score (nSPS) is 19.7. The number of nitrogens with zero attached hydrogens (tertiary/aromatic N) is 1. The third kappa shape index (κ3) is 3.35. The van der Waals surface area contributed by atoms with Crippen LogP contribution >= 0.6 is 0 Å². The summed E-state index contributed by atoms with van der Waals surface area (Å²) in [7, 11) is 0.00767. The van der Waals surface area contributed by atoms with Crippen molar-refractivity contribution in [1.82, 2.24) is 4.90 Å². The number of ether oxygens (including phenoxy) is 2. The van der Waals surface area contributed by atoms with Crippen molar-refractivity contribution in [2.24, 2.45) is 0 Å². The second-order valence-corrected chi connectivity index (χ2v) is 7.45. The highest BCUT2D eigenvalue weighted by Gasteiger charge is 2.34. The molecule has 1 atom stereocenters. The molecule has 2 rings (SSSR count). The van der Waals surface area contributed by atoms with Gasteiger partial charge in [-0.15, -0.1) is 0 Å². The smallest absolute Gasteiger partial charge is 0.254 e. The Kier molecular flexibility index (Phi) is 4.95. The van der Waals surface area contributed by atoms with Crippen LogP contribution in [0.2, 0.25) is 0 Å². The van der Waals surface area contributed by atoms with Gasteiger partial charge in [0.15, 0.2) is 21.3 Å². The average Bonchev–Trinajstić information content (AvgIpc) is 2.87. The number of hydrogen-bond acceptors (Lipinski definition) is 5. The van der Waals surface area contributed by atoms with Gasteiger partial charge in [-0.2, -0.15) is 0 Å². The molecule has 0 N–H and O–H groups in total. The molecule has 0 radical (unpaired) electrons. The van der Waals surface area contributed by atoms with Crippen molar-refractivity contribution in [2.45, 2.75) is 19.4 Å². The van der Waals surface area contributed by atoms with Gasteiger partial charge in [-0.05, 0) is 31.5 Å². The van der Waals surface area contributed by atoms with E-state index in [9.17, 15) is 13.2 Å². The molecule has 6 nitrogen and oxygen atoms in total. The Hall–Kier alpha value is -1.76. The quantitative estimate of drug-likeness (QED) is 0.816. The van der Waals surface area contributed by atoms with Gasteiger partial charge >= 0.3 is 0 Å². The minimum Gasteiger partial charge on any atom is -0.493 e. The number of hydrogen-bond donors (Lipinski definition) is 0. The van der Waals surface area contributed by atoms with Crippen LogP contribution in [0, 0.1) is 0 Å². The zero-order chi connectivity index (χ0) is 16.3. The molecule has 0 spiro atoms. The first kappa shape index (κ1) is 16.6. The Labute approximate surface area is 130 Å².